The van der Waals surface area contributed by atoms with Gasteiger partial charge in [-0.1, -0.05) is 18.2 Å². The highest BCUT2D eigenvalue weighted by atomic mass is 19.4. The van der Waals surface area contributed by atoms with E-state index in [1.54, 1.807) is 20.1 Å². The Bertz CT molecular complexity index is 970. The van der Waals surface area contributed by atoms with Crippen LogP contribution in [-0.2, 0) is 6.18 Å². The number of nitrogens with zero attached hydrogens (tertiary/aromatic N) is 5. The number of hydrogen-bond acceptors (Lipinski definition) is 6. The Balaban J connectivity index is 1.94. The molecule has 0 fully saturated rings. The van der Waals surface area contributed by atoms with E-state index in [1.807, 2.05) is 43.3 Å². The molecule has 0 spiro atoms. The van der Waals surface area contributed by atoms with Gasteiger partial charge in [0.1, 0.15) is 11.6 Å². The van der Waals surface area contributed by atoms with Crippen LogP contribution in [0.15, 0.2) is 30.3 Å². The first-order chi connectivity index (χ1) is 13.2. The first-order valence-electron chi connectivity index (χ1n) is 8.55. The van der Waals surface area contributed by atoms with Crippen molar-refractivity contribution in [3.05, 3.63) is 47.4 Å². The van der Waals surface area contributed by atoms with E-state index in [4.69, 9.17) is 4.74 Å². The van der Waals surface area contributed by atoms with E-state index in [1.165, 1.54) is 0 Å². The minimum absolute atomic E-state index is 0.0923. The fourth-order valence-corrected chi connectivity index (χ4v) is 2.95. The van der Waals surface area contributed by atoms with Gasteiger partial charge in [-0.05, 0) is 27.1 Å². The van der Waals surface area contributed by atoms with Crippen LogP contribution in [0.5, 0.6) is 5.75 Å². The lowest BCUT2D eigenvalue weighted by Gasteiger charge is -2.27. The van der Waals surface area contributed by atoms with Gasteiger partial charge >= 0.3 is 6.18 Å². The predicted molar refractivity (Wildman–Crippen MR) is 98.4 cm³/mol. The maximum Gasteiger partial charge on any atom is 0.453 e. The molecule has 2 heterocycles. The number of alkyl halides is 3. The lowest BCUT2D eigenvalue weighted by atomic mass is 10.0. The molecule has 10 heteroatoms. The van der Waals surface area contributed by atoms with Crippen molar-refractivity contribution in [2.24, 2.45) is 0 Å². The van der Waals surface area contributed by atoms with Crippen LogP contribution in [0.4, 0.5) is 19.0 Å². The van der Waals surface area contributed by atoms with Crippen LogP contribution in [0, 0.1) is 6.92 Å². The van der Waals surface area contributed by atoms with Crippen LogP contribution in [0.3, 0.4) is 0 Å². The van der Waals surface area contributed by atoms with Gasteiger partial charge in [-0.2, -0.15) is 22.7 Å². The molecule has 1 aromatic carbocycles. The quantitative estimate of drug-likeness (QED) is 0.693. The van der Waals surface area contributed by atoms with Crippen molar-refractivity contribution in [1.29, 1.82) is 0 Å². The molecule has 0 aliphatic heterocycles. The molecule has 1 N–H and O–H groups in total. The SMILES string of the molecule is COc1ccccc1[C@H](CNc1cc(C)nc2nc(C(F)(F)F)nn12)N(C)C. The minimum atomic E-state index is -4.64. The summed E-state index contributed by atoms with van der Waals surface area (Å²) in [7, 11) is 5.44. The van der Waals surface area contributed by atoms with Gasteiger partial charge in [0.2, 0.25) is 0 Å². The molecule has 3 rings (SSSR count). The molecule has 0 aliphatic rings. The zero-order chi connectivity index (χ0) is 20.5. The number of fused-ring (bicyclic) bond motifs is 1. The highest BCUT2D eigenvalue weighted by Crippen LogP contribution is 2.29. The Kier molecular flexibility index (Phi) is 5.41. The Morgan fingerprint density at radius 3 is 2.57 bits per heavy atom. The molecule has 0 saturated carbocycles. The summed E-state index contributed by atoms with van der Waals surface area (Å²) in [5, 5.41) is 6.75. The number of rotatable bonds is 6. The summed E-state index contributed by atoms with van der Waals surface area (Å²) >= 11 is 0. The van der Waals surface area contributed by atoms with Crippen LogP contribution in [0.2, 0.25) is 0 Å². The molecule has 0 unspecified atom stereocenters. The number of anilines is 1. The predicted octanol–water partition coefficient (Wildman–Crippen LogP) is 3.17. The first kappa shape index (κ1) is 19.9. The second-order valence-corrected chi connectivity index (χ2v) is 6.53. The number of nitrogens with one attached hydrogen (secondary N) is 1. The maximum absolute atomic E-state index is 13.0. The maximum atomic E-state index is 13.0. The topological polar surface area (TPSA) is 67.6 Å². The van der Waals surface area contributed by atoms with Gasteiger partial charge in [-0.25, -0.2) is 4.98 Å². The number of aromatic nitrogens is 4. The van der Waals surface area contributed by atoms with Crippen molar-refractivity contribution in [3.63, 3.8) is 0 Å². The molecular weight excluding hydrogens is 373 g/mol. The van der Waals surface area contributed by atoms with Crippen molar-refractivity contribution < 1.29 is 17.9 Å². The second kappa shape index (κ2) is 7.63. The molecule has 150 valence electrons. The van der Waals surface area contributed by atoms with Crippen molar-refractivity contribution in [2.75, 3.05) is 33.1 Å². The zero-order valence-corrected chi connectivity index (χ0v) is 15.9. The van der Waals surface area contributed by atoms with E-state index in [0.29, 0.717) is 18.1 Å². The smallest absolute Gasteiger partial charge is 0.453 e. The van der Waals surface area contributed by atoms with Gasteiger partial charge < -0.3 is 15.0 Å². The lowest BCUT2D eigenvalue weighted by Crippen LogP contribution is -2.28. The summed E-state index contributed by atoms with van der Waals surface area (Å²) in [5.74, 6) is -0.206. The normalized spacial score (nSPS) is 13.1. The van der Waals surface area contributed by atoms with Crippen molar-refractivity contribution in [3.8, 4) is 5.75 Å². The fourth-order valence-electron chi connectivity index (χ4n) is 2.95. The Morgan fingerprint density at radius 1 is 1.21 bits per heavy atom. The molecule has 0 radical (unpaired) electrons. The number of aryl methyl sites for hydroxylation is 1. The van der Waals surface area contributed by atoms with Gasteiger partial charge in [0, 0.05) is 23.9 Å². The van der Waals surface area contributed by atoms with E-state index in [2.05, 4.69) is 20.4 Å². The second-order valence-electron chi connectivity index (χ2n) is 6.53. The van der Waals surface area contributed by atoms with E-state index in [0.717, 1.165) is 15.8 Å². The monoisotopic (exact) mass is 394 g/mol. The van der Waals surface area contributed by atoms with E-state index >= 15 is 0 Å². The number of benzene rings is 1. The summed E-state index contributed by atoms with van der Waals surface area (Å²) in [6.45, 7) is 2.10. The van der Waals surface area contributed by atoms with Gasteiger partial charge in [-0.15, -0.1) is 5.10 Å². The standard InChI is InChI=1S/C18H21F3N6O/c1-11-9-15(27-17(23-11)24-16(25-27)18(19,20)21)22-10-13(26(2)3)12-7-5-6-8-14(12)28-4/h5-9,13,22H,10H2,1-4H3/t13-/m0/s1. The molecular formula is C18H21F3N6O. The molecule has 2 aromatic heterocycles. The zero-order valence-electron chi connectivity index (χ0n) is 15.9. The third-order valence-electron chi connectivity index (χ3n) is 4.29. The average molecular weight is 394 g/mol. The Hall–Kier alpha value is -2.88. The summed E-state index contributed by atoms with van der Waals surface area (Å²) < 4.78 is 45.4. The number of likely N-dealkylation sites (N-methyl/N-ethyl adjacent to an activating group) is 1. The highest BCUT2D eigenvalue weighted by Gasteiger charge is 2.37. The van der Waals surface area contributed by atoms with Gasteiger partial charge in [0.25, 0.3) is 11.6 Å². The van der Waals surface area contributed by atoms with E-state index in [9.17, 15) is 13.2 Å². The van der Waals surface area contributed by atoms with Gasteiger partial charge in [-0.3, -0.25) is 0 Å². The lowest BCUT2D eigenvalue weighted by molar-refractivity contribution is -0.144. The Morgan fingerprint density at radius 2 is 1.93 bits per heavy atom. The number of ether oxygens (including phenoxy) is 1. The van der Waals surface area contributed by atoms with Crippen molar-refractivity contribution in [2.45, 2.75) is 19.1 Å². The summed E-state index contributed by atoms with van der Waals surface area (Å²) in [4.78, 5) is 9.53. The van der Waals surface area contributed by atoms with Gasteiger partial charge in [0.15, 0.2) is 0 Å². The van der Waals surface area contributed by atoms with E-state index < -0.39 is 12.0 Å². The largest absolute Gasteiger partial charge is 0.496 e. The third kappa shape index (κ3) is 4.01. The fraction of sp³-hybridized carbons (Fsp3) is 0.389. The number of halogens is 3. The number of methoxy groups -OCH3 is 1. The number of para-hydroxylation sites is 1. The van der Waals surface area contributed by atoms with Crippen LogP contribution in [0.1, 0.15) is 23.1 Å². The molecule has 0 bridgehead atoms. The highest BCUT2D eigenvalue weighted by molar-refractivity contribution is 5.46. The molecule has 3 aromatic rings. The molecule has 28 heavy (non-hydrogen) atoms. The van der Waals surface area contributed by atoms with Crippen LogP contribution >= 0.6 is 0 Å². The minimum Gasteiger partial charge on any atom is -0.496 e. The Labute approximate surface area is 160 Å². The molecule has 1 atom stereocenters. The molecule has 0 saturated heterocycles. The van der Waals surface area contributed by atoms with Crippen LogP contribution in [-0.4, -0.2) is 52.2 Å². The van der Waals surface area contributed by atoms with Gasteiger partial charge in [0.05, 0.1) is 13.2 Å². The number of hydrogen-bond donors (Lipinski definition) is 1. The molecule has 0 aliphatic carbocycles. The first-order valence-corrected chi connectivity index (χ1v) is 8.55. The van der Waals surface area contributed by atoms with Crippen LogP contribution in [0.25, 0.3) is 5.78 Å². The van der Waals surface area contributed by atoms with Crippen LogP contribution < -0.4 is 10.1 Å². The molecule has 7 nitrogen and oxygen atoms in total. The van der Waals surface area contributed by atoms with E-state index in [-0.39, 0.29) is 11.8 Å². The van der Waals surface area contributed by atoms with Crippen molar-refractivity contribution >= 4 is 11.6 Å². The summed E-state index contributed by atoms with van der Waals surface area (Å²) in [6, 6.07) is 9.16. The average Bonchev–Trinajstić information content (AvgIpc) is 3.06. The third-order valence-corrected chi connectivity index (χ3v) is 4.29. The summed E-state index contributed by atoms with van der Waals surface area (Å²) in [6.07, 6.45) is -4.64. The summed E-state index contributed by atoms with van der Waals surface area (Å²) in [5.41, 5.74) is 1.49. The molecule has 0 amide bonds. The van der Waals surface area contributed by atoms with Crippen molar-refractivity contribution in [1.82, 2.24) is 24.5 Å².